The minimum absolute atomic E-state index is 0.0247. The molecule has 0 atom stereocenters. The normalized spacial score (nSPS) is 15.3. The number of hydrogen-bond donors (Lipinski definition) is 1. The van der Waals surface area contributed by atoms with Crippen molar-refractivity contribution in [1.82, 2.24) is 9.78 Å². The van der Waals surface area contributed by atoms with Gasteiger partial charge in [-0.2, -0.15) is 5.10 Å². The Bertz CT molecular complexity index is 371. The summed E-state index contributed by atoms with van der Waals surface area (Å²) in [7, 11) is 1.82. The zero-order chi connectivity index (χ0) is 10.8. The summed E-state index contributed by atoms with van der Waals surface area (Å²) in [5.41, 5.74) is 1.05. The van der Waals surface area contributed by atoms with Gasteiger partial charge in [-0.15, -0.1) is 11.6 Å². The van der Waals surface area contributed by atoms with Gasteiger partial charge in [-0.05, 0) is 25.2 Å². The fraction of sp³-hybridized carbons (Fsp3) is 0.600. The minimum atomic E-state index is -0.197. The molecule has 15 heavy (non-hydrogen) atoms. The fourth-order valence-corrected chi connectivity index (χ4v) is 1.60. The van der Waals surface area contributed by atoms with Crippen molar-refractivity contribution in [3.63, 3.8) is 0 Å². The van der Waals surface area contributed by atoms with Crippen LogP contribution in [-0.4, -0.2) is 21.6 Å². The SMILES string of the molecule is Cn1nc(CC2CC2)cc1NC(=O)CCl. The summed E-state index contributed by atoms with van der Waals surface area (Å²) in [5.74, 6) is 1.30. The van der Waals surface area contributed by atoms with Gasteiger partial charge in [-0.1, -0.05) is 0 Å². The van der Waals surface area contributed by atoms with E-state index in [0.717, 1.165) is 23.9 Å². The zero-order valence-electron chi connectivity index (χ0n) is 8.66. The van der Waals surface area contributed by atoms with E-state index in [2.05, 4.69) is 10.4 Å². The first-order chi connectivity index (χ1) is 7.19. The van der Waals surface area contributed by atoms with E-state index in [4.69, 9.17) is 11.6 Å². The lowest BCUT2D eigenvalue weighted by atomic mass is 10.2. The molecule has 1 fully saturated rings. The van der Waals surface area contributed by atoms with E-state index in [1.807, 2.05) is 13.1 Å². The summed E-state index contributed by atoms with van der Waals surface area (Å²) in [6, 6.07) is 1.92. The summed E-state index contributed by atoms with van der Waals surface area (Å²) in [6.45, 7) is 0. The molecule has 1 saturated carbocycles. The predicted molar refractivity (Wildman–Crippen MR) is 59.0 cm³/mol. The highest BCUT2D eigenvalue weighted by atomic mass is 35.5. The second-order valence-electron chi connectivity index (χ2n) is 3.97. The molecule has 1 amide bonds. The molecule has 82 valence electrons. The third-order valence-electron chi connectivity index (χ3n) is 2.51. The van der Waals surface area contributed by atoms with E-state index in [9.17, 15) is 4.79 Å². The molecule has 1 aromatic rings. The smallest absolute Gasteiger partial charge is 0.240 e. The quantitative estimate of drug-likeness (QED) is 0.794. The molecule has 2 rings (SSSR count). The number of carbonyl (C=O) groups is 1. The van der Waals surface area contributed by atoms with Crippen LogP contribution >= 0.6 is 11.6 Å². The maximum Gasteiger partial charge on any atom is 0.240 e. The summed E-state index contributed by atoms with van der Waals surface area (Å²) in [5, 5.41) is 7.04. The van der Waals surface area contributed by atoms with Gasteiger partial charge in [0.05, 0.1) is 5.69 Å². The van der Waals surface area contributed by atoms with Crippen LogP contribution in [0.4, 0.5) is 5.82 Å². The molecule has 0 aromatic carbocycles. The van der Waals surface area contributed by atoms with Crippen LogP contribution in [0.3, 0.4) is 0 Å². The molecule has 0 aliphatic heterocycles. The average molecular weight is 228 g/mol. The predicted octanol–water partition coefficient (Wildman–Crippen LogP) is 1.55. The molecule has 1 heterocycles. The number of rotatable bonds is 4. The van der Waals surface area contributed by atoms with Crippen LogP contribution in [0.5, 0.6) is 0 Å². The van der Waals surface area contributed by atoms with E-state index in [0.29, 0.717) is 0 Å². The second kappa shape index (κ2) is 4.23. The fourth-order valence-electron chi connectivity index (χ4n) is 1.54. The van der Waals surface area contributed by atoms with Crippen LogP contribution in [0, 0.1) is 5.92 Å². The van der Waals surface area contributed by atoms with Crippen LogP contribution in [0.15, 0.2) is 6.07 Å². The lowest BCUT2D eigenvalue weighted by Gasteiger charge is -2.00. The standard InChI is InChI=1S/C10H14ClN3O/c1-14-9(12-10(15)6-11)5-8(13-14)4-7-2-3-7/h5,7H,2-4,6H2,1H3,(H,12,15). The van der Waals surface area contributed by atoms with E-state index in [1.54, 1.807) is 4.68 Å². The number of nitrogens with one attached hydrogen (secondary N) is 1. The Balaban J connectivity index is 2.03. The minimum Gasteiger partial charge on any atom is -0.310 e. The molecule has 0 radical (unpaired) electrons. The van der Waals surface area contributed by atoms with Gasteiger partial charge in [0.1, 0.15) is 11.7 Å². The Morgan fingerprint density at radius 2 is 2.47 bits per heavy atom. The summed E-state index contributed by atoms with van der Waals surface area (Å²) in [6.07, 6.45) is 3.63. The van der Waals surface area contributed by atoms with Gasteiger partial charge >= 0.3 is 0 Å². The molecule has 1 N–H and O–H groups in total. The maximum absolute atomic E-state index is 11.1. The topological polar surface area (TPSA) is 46.9 Å². The van der Waals surface area contributed by atoms with Crippen LogP contribution in [-0.2, 0) is 18.3 Å². The number of carbonyl (C=O) groups excluding carboxylic acids is 1. The number of anilines is 1. The largest absolute Gasteiger partial charge is 0.310 e. The number of aromatic nitrogens is 2. The molecular formula is C10H14ClN3O. The lowest BCUT2D eigenvalue weighted by molar-refractivity contribution is -0.114. The van der Waals surface area contributed by atoms with E-state index in [-0.39, 0.29) is 11.8 Å². The molecule has 1 aromatic heterocycles. The van der Waals surface area contributed by atoms with Crippen molar-refractivity contribution in [2.45, 2.75) is 19.3 Å². The number of amides is 1. The number of halogens is 1. The van der Waals surface area contributed by atoms with Crippen molar-refractivity contribution < 1.29 is 4.79 Å². The van der Waals surface area contributed by atoms with Crippen LogP contribution in [0.25, 0.3) is 0 Å². The van der Waals surface area contributed by atoms with Gasteiger partial charge in [-0.25, -0.2) is 0 Å². The average Bonchev–Trinajstić information content (AvgIpc) is 2.93. The molecule has 5 heteroatoms. The van der Waals surface area contributed by atoms with E-state index < -0.39 is 0 Å². The molecule has 1 aliphatic carbocycles. The Morgan fingerprint density at radius 1 is 1.73 bits per heavy atom. The molecule has 0 unspecified atom stereocenters. The molecule has 1 aliphatic rings. The Labute approximate surface area is 93.6 Å². The van der Waals surface area contributed by atoms with Crippen LogP contribution < -0.4 is 5.32 Å². The Morgan fingerprint density at radius 3 is 3.07 bits per heavy atom. The summed E-state index contributed by atoms with van der Waals surface area (Å²) in [4.78, 5) is 11.1. The number of alkyl halides is 1. The lowest BCUT2D eigenvalue weighted by Crippen LogP contribution is -2.15. The number of aryl methyl sites for hydroxylation is 1. The van der Waals surface area contributed by atoms with Crippen molar-refractivity contribution in [3.8, 4) is 0 Å². The molecule has 0 spiro atoms. The van der Waals surface area contributed by atoms with E-state index >= 15 is 0 Å². The first-order valence-corrected chi connectivity index (χ1v) is 5.61. The maximum atomic E-state index is 11.1. The third-order valence-corrected chi connectivity index (χ3v) is 2.76. The molecule has 0 saturated heterocycles. The van der Waals surface area contributed by atoms with Crippen molar-refractivity contribution in [3.05, 3.63) is 11.8 Å². The van der Waals surface area contributed by atoms with E-state index in [1.165, 1.54) is 12.8 Å². The Kier molecular flexibility index (Phi) is 2.95. The van der Waals surface area contributed by atoms with Gasteiger partial charge in [0.2, 0.25) is 5.91 Å². The first-order valence-electron chi connectivity index (χ1n) is 5.08. The van der Waals surface area contributed by atoms with Crippen LogP contribution in [0.1, 0.15) is 18.5 Å². The highest BCUT2D eigenvalue weighted by Crippen LogP contribution is 2.32. The van der Waals surface area contributed by atoms with Crippen molar-refractivity contribution in [1.29, 1.82) is 0 Å². The molecule has 4 nitrogen and oxygen atoms in total. The Hall–Kier alpha value is -1.03. The second-order valence-corrected chi connectivity index (χ2v) is 4.24. The number of hydrogen-bond acceptors (Lipinski definition) is 2. The highest BCUT2D eigenvalue weighted by molar-refractivity contribution is 6.29. The summed E-state index contributed by atoms with van der Waals surface area (Å²) >= 11 is 5.41. The first kappa shape index (κ1) is 10.5. The monoisotopic (exact) mass is 227 g/mol. The van der Waals surface area contributed by atoms with Gasteiger partial charge in [-0.3, -0.25) is 9.48 Å². The van der Waals surface area contributed by atoms with Gasteiger partial charge in [0.15, 0.2) is 0 Å². The van der Waals surface area contributed by atoms with Crippen LogP contribution in [0.2, 0.25) is 0 Å². The van der Waals surface area contributed by atoms with Gasteiger partial charge < -0.3 is 5.32 Å². The molecule has 0 bridgehead atoms. The van der Waals surface area contributed by atoms with Crippen molar-refractivity contribution in [2.75, 3.05) is 11.2 Å². The van der Waals surface area contributed by atoms with Gasteiger partial charge in [0, 0.05) is 13.1 Å². The van der Waals surface area contributed by atoms with Crippen molar-refractivity contribution in [2.24, 2.45) is 13.0 Å². The zero-order valence-corrected chi connectivity index (χ0v) is 9.42. The number of nitrogens with zero attached hydrogens (tertiary/aromatic N) is 2. The third kappa shape index (κ3) is 2.72. The summed E-state index contributed by atoms with van der Waals surface area (Å²) < 4.78 is 1.68. The molecular weight excluding hydrogens is 214 g/mol. The highest BCUT2D eigenvalue weighted by Gasteiger charge is 2.23. The van der Waals surface area contributed by atoms with Crippen molar-refractivity contribution >= 4 is 23.3 Å². The van der Waals surface area contributed by atoms with Gasteiger partial charge in [0.25, 0.3) is 0 Å².